The van der Waals surface area contributed by atoms with Crippen LogP contribution >= 0.6 is 0 Å². The van der Waals surface area contributed by atoms with Crippen LogP contribution in [0.1, 0.15) is 6.42 Å². The molecule has 1 aromatic rings. The highest BCUT2D eigenvalue weighted by atomic mass is 32.2. The molecule has 1 fully saturated rings. The quantitative estimate of drug-likeness (QED) is 0.745. The summed E-state index contributed by atoms with van der Waals surface area (Å²) >= 11 is 0. The molecule has 0 bridgehead atoms. The minimum absolute atomic E-state index is 0.00131. The fraction of sp³-hybridized carbons (Fsp3) is 0.444. The zero-order chi connectivity index (χ0) is 13.3. The molecule has 2 heterocycles. The lowest BCUT2D eigenvalue weighted by Crippen LogP contribution is -2.32. The summed E-state index contributed by atoms with van der Waals surface area (Å²) in [6.45, 7) is -0.00131. The lowest BCUT2D eigenvalue weighted by atomic mass is 10.4. The van der Waals surface area contributed by atoms with E-state index >= 15 is 0 Å². The maximum atomic E-state index is 11.7. The number of carbonyl (C=O) groups excluding carboxylic acids is 1. The maximum absolute atomic E-state index is 11.7. The third-order valence-corrected chi connectivity index (χ3v) is 3.90. The summed E-state index contributed by atoms with van der Waals surface area (Å²) < 4.78 is 27.2. The van der Waals surface area contributed by atoms with Crippen LogP contribution in [0.2, 0.25) is 0 Å². The third-order valence-electron chi connectivity index (χ3n) is 2.65. The molecule has 0 spiro atoms. The average molecular weight is 272 g/mol. The summed E-state index contributed by atoms with van der Waals surface area (Å²) in [5.74, 6) is 0.258. The molecule has 0 aliphatic carbocycles. The number of primary sulfonamides is 1. The largest absolute Gasteiger partial charge is 0.480 e. The fourth-order valence-corrected chi connectivity index (χ4v) is 2.40. The number of nitrogens with zero attached hydrogens (tertiary/aromatic N) is 3. The second-order valence-corrected chi connectivity index (χ2v) is 5.68. The number of hydrogen-bond acceptors (Lipinski definition) is 6. The van der Waals surface area contributed by atoms with E-state index in [2.05, 4.69) is 9.97 Å². The molecule has 2 rings (SSSR count). The van der Waals surface area contributed by atoms with Crippen LogP contribution < -0.4 is 14.8 Å². The van der Waals surface area contributed by atoms with Crippen molar-refractivity contribution in [3.05, 3.63) is 12.4 Å². The van der Waals surface area contributed by atoms with E-state index in [-0.39, 0.29) is 24.7 Å². The molecule has 9 heteroatoms. The van der Waals surface area contributed by atoms with Gasteiger partial charge in [-0.1, -0.05) is 0 Å². The Labute approximate surface area is 104 Å². The number of aromatic nitrogens is 2. The zero-order valence-electron chi connectivity index (χ0n) is 9.61. The number of anilines is 1. The minimum atomic E-state index is -3.72. The second-order valence-electron chi connectivity index (χ2n) is 3.84. The van der Waals surface area contributed by atoms with Crippen molar-refractivity contribution in [1.82, 2.24) is 9.97 Å². The molecule has 2 N–H and O–H groups in total. The first kappa shape index (κ1) is 12.7. The van der Waals surface area contributed by atoms with Gasteiger partial charge in [0.2, 0.25) is 21.8 Å². The summed E-state index contributed by atoms with van der Waals surface area (Å²) in [7, 11) is -2.28. The normalized spacial score (nSPS) is 20.2. The van der Waals surface area contributed by atoms with Crippen molar-refractivity contribution in [1.29, 1.82) is 0 Å². The highest BCUT2D eigenvalue weighted by molar-refractivity contribution is 7.89. The number of carbonyl (C=O) groups is 1. The van der Waals surface area contributed by atoms with E-state index in [4.69, 9.17) is 9.88 Å². The first-order valence-corrected chi connectivity index (χ1v) is 6.71. The summed E-state index contributed by atoms with van der Waals surface area (Å²) in [4.78, 5) is 20.8. The molecule has 1 unspecified atom stereocenters. The summed E-state index contributed by atoms with van der Waals surface area (Å²) in [5, 5.41) is 4.13. The van der Waals surface area contributed by atoms with Crippen molar-refractivity contribution < 1.29 is 17.9 Å². The molecular weight excluding hydrogens is 260 g/mol. The number of amides is 1. The Bertz CT molecular complexity index is 556. The Morgan fingerprint density at radius 1 is 1.44 bits per heavy atom. The van der Waals surface area contributed by atoms with Gasteiger partial charge in [-0.05, 0) is 0 Å². The van der Waals surface area contributed by atoms with Gasteiger partial charge in [-0.25, -0.2) is 23.5 Å². The number of sulfonamides is 1. The number of methoxy groups -OCH3 is 1. The molecule has 98 valence electrons. The molecule has 1 saturated heterocycles. The average Bonchev–Trinajstić information content (AvgIpc) is 2.71. The van der Waals surface area contributed by atoms with Gasteiger partial charge in [0.05, 0.1) is 19.5 Å². The first-order chi connectivity index (χ1) is 8.41. The molecule has 1 aromatic heterocycles. The van der Waals surface area contributed by atoms with Crippen molar-refractivity contribution in [2.24, 2.45) is 5.14 Å². The SMILES string of the molecule is COc1cnc(N2CC(S(N)(=O)=O)CC2=O)cn1. The number of nitrogens with two attached hydrogens (primary N) is 1. The van der Waals surface area contributed by atoms with E-state index in [1.54, 1.807) is 0 Å². The molecule has 18 heavy (non-hydrogen) atoms. The molecule has 0 radical (unpaired) electrons. The molecule has 1 amide bonds. The zero-order valence-corrected chi connectivity index (χ0v) is 10.4. The van der Waals surface area contributed by atoms with Gasteiger partial charge in [0, 0.05) is 13.0 Å². The molecule has 1 atom stereocenters. The lowest BCUT2D eigenvalue weighted by Gasteiger charge is -2.14. The minimum Gasteiger partial charge on any atom is -0.480 e. The van der Waals surface area contributed by atoms with Crippen LogP contribution in [0.25, 0.3) is 0 Å². The molecule has 8 nitrogen and oxygen atoms in total. The Morgan fingerprint density at radius 3 is 2.61 bits per heavy atom. The lowest BCUT2D eigenvalue weighted by molar-refractivity contribution is -0.117. The predicted molar refractivity (Wildman–Crippen MR) is 62.4 cm³/mol. The molecular formula is C9H12N4O4S. The third kappa shape index (κ3) is 2.41. The molecule has 0 saturated carbocycles. The monoisotopic (exact) mass is 272 g/mol. The van der Waals surface area contributed by atoms with Crippen LogP contribution in [0.15, 0.2) is 12.4 Å². The molecule has 1 aliphatic rings. The van der Waals surface area contributed by atoms with Crippen molar-refractivity contribution in [2.75, 3.05) is 18.6 Å². The van der Waals surface area contributed by atoms with Gasteiger partial charge >= 0.3 is 0 Å². The maximum Gasteiger partial charge on any atom is 0.232 e. The van der Waals surface area contributed by atoms with Gasteiger partial charge in [-0.15, -0.1) is 0 Å². The first-order valence-electron chi connectivity index (χ1n) is 5.10. The van der Waals surface area contributed by atoms with Crippen LogP contribution in [-0.4, -0.2) is 43.2 Å². The van der Waals surface area contributed by atoms with Crippen molar-refractivity contribution in [2.45, 2.75) is 11.7 Å². The Kier molecular flexibility index (Phi) is 3.18. The van der Waals surface area contributed by atoms with Crippen LogP contribution in [0.3, 0.4) is 0 Å². The molecule has 0 aromatic carbocycles. The fourth-order valence-electron chi connectivity index (χ4n) is 1.67. The predicted octanol–water partition coefficient (Wildman–Crippen LogP) is -1.12. The van der Waals surface area contributed by atoms with Crippen molar-refractivity contribution in [3.8, 4) is 5.88 Å². The smallest absolute Gasteiger partial charge is 0.232 e. The van der Waals surface area contributed by atoms with E-state index in [9.17, 15) is 13.2 Å². The Morgan fingerprint density at radius 2 is 2.17 bits per heavy atom. The van der Waals surface area contributed by atoms with Gasteiger partial charge < -0.3 is 4.74 Å². The van der Waals surface area contributed by atoms with Crippen LogP contribution in [-0.2, 0) is 14.8 Å². The highest BCUT2D eigenvalue weighted by Gasteiger charge is 2.37. The second kappa shape index (κ2) is 4.50. The van der Waals surface area contributed by atoms with Gasteiger partial charge in [0.15, 0.2) is 5.82 Å². The van der Waals surface area contributed by atoms with E-state index in [1.165, 1.54) is 24.4 Å². The van der Waals surface area contributed by atoms with E-state index in [0.717, 1.165) is 0 Å². The standard InChI is InChI=1S/C9H12N4O4S/c1-17-8-4-11-7(3-12-8)13-5-6(2-9(13)14)18(10,15)16/h3-4,6H,2,5H2,1H3,(H2,10,15,16). The number of ether oxygens (including phenoxy) is 1. The molecule has 1 aliphatic heterocycles. The van der Waals surface area contributed by atoms with Crippen molar-refractivity contribution in [3.63, 3.8) is 0 Å². The van der Waals surface area contributed by atoms with Crippen LogP contribution in [0, 0.1) is 0 Å². The van der Waals surface area contributed by atoms with E-state index in [1.807, 2.05) is 0 Å². The van der Waals surface area contributed by atoms with Crippen LogP contribution in [0.4, 0.5) is 5.82 Å². The van der Waals surface area contributed by atoms with Gasteiger partial charge in [0.1, 0.15) is 5.25 Å². The topological polar surface area (TPSA) is 115 Å². The Balaban J connectivity index is 2.21. The highest BCUT2D eigenvalue weighted by Crippen LogP contribution is 2.22. The van der Waals surface area contributed by atoms with Gasteiger partial charge in [-0.3, -0.25) is 9.69 Å². The van der Waals surface area contributed by atoms with Gasteiger partial charge in [-0.2, -0.15) is 0 Å². The summed E-state index contributed by atoms with van der Waals surface area (Å²) in [6, 6.07) is 0. The van der Waals surface area contributed by atoms with E-state index in [0.29, 0.717) is 5.88 Å². The van der Waals surface area contributed by atoms with E-state index < -0.39 is 15.3 Å². The van der Waals surface area contributed by atoms with Gasteiger partial charge in [0.25, 0.3) is 0 Å². The number of hydrogen-bond donors (Lipinski definition) is 1. The van der Waals surface area contributed by atoms with Crippen LogP contribution in [0.5, 0.6) is 5.88 Å². The Hall–Kier alpha value is -1.74. The summed E-state index contributed by atoms with van der Waals surface area (Å²) in [5.41, 5.74) is 0. The summed E-state index contributed by atoms with van der Waals surface area (Å²) in [6.07, 6.45) is 2.57. The van der Waals surface area contributed by atoms with Crippen molar-refractivity contribution >= 4 is 21.7 Å². The number of rotatable bonds is 3.